The minimum Gasteiger partial charge on any atom is -0.342 e. The Labute approximate surface area is 210 Å². The van der Waals surface area contributed by atoms with E-state index < -0.39 is 23.8 Å². The molecule has 1 aromatic carbocycles. The van der Waals surface area contributed by atoms with Crippen molar-refractivity contribution < 1.29 is 14.8 Å². The quantitative estimate of drug-likeness (QED) is 0.190. The van der Waals surface area contributed by atoms with E-state index in [1.807, 2.05) is 35.0 Å². The van der Waals surface area contributed by atoms with Crippen molar-refractivity contribution >= 4 is 23.2 Å². The minimum absolute atomic E-state index is 0.0555. The van der Waals surface area contributed by atoms with Crippen molar-refractivity contribution in [2.75, 3.05) is 32.7 Å². The Hall–Kier alpha value is -3.73. The number of carbonyl (C=O) groups is 2. The first-order valence-electron chi connectivity index (χ1n) is 12.3. The lowest BCUT2D eigenvalue weighted by Crippen LogP contribution is -2.56. The Morgan fingerprint density at radius 2 is 1.94 bits per heavy atom. The van der Waals surface area contributed by atoms with Crippen LogP contribution in [0.1, 0.15) is 42.4 Å². The fraction of sp³-hybridized carbons (Fsp3) is 0.500. The third kappa shape index (κ3) is 5.25. The van der Waals surface area contributed by atoms with Crippen molar-refractivity contribution in [2.45, 2.75) is 38.6 Å². The number of hydroxylamine groups is 1. The number of aliphatic imine (C=N–C) groups is 1. The van der Waals surface area contributed by atoms with E-state index in [1.54, 1.807) is 11.5 Å². The molecule has 3 heterocycles. The van der Waals surface area contributed by atoms with Gasteiger partial charge in [-0.1, -0.05) is 12.1 Å². The van der Waals surface area contributed by atoms with Gasteiger partial charge in [-0.3, -0.25) is 14.8 Å². The number of guanidine groups is 1. The smallest absolute Gasteiger partial charge is 0.248 e. The molecule has 3 aliphatic heterocycles. The number of ketones is 1. The molecule has 1 amide bonds. The van der Waals surface area contributed by atoms with Gasteiger partial charge in [-0.25, -0.2) is 5.48 Å². The summed E-state index contributed by atoms with van der Waals surface area (Å²) >= 11 is 0. The summed E-state index contributed by atoms with van der Waals surface area (Å²) in [6.45, 7) is 4.76. The van der Waals surface area contributed by atoms with Gasteiger partial charge in [0.2, 0.25) is 18.1 Å². The molecule has 2 fully saturated rings. The van der Waals surface area contributed by atoms with E-state index in [0.717, 1.165) is 42.6 Å². The van der Waals surface area contributed by atoms with Crippen molar-refractivity contribution in [3.05, 3.63) is 41.0 Å². The normalized spacial score (nSPS) is 24.5. The number of Topliss-reactive ketones (excluding diaryl/α,β-unsaturated/α-hetero) is 1. The number of likely N-dealkylation sites (tertiary alicyclic amines) is 2. The number of aryl methyl sites for hydroxylation is 1. The van der Waals surface area contributed by atoms with Gasteiger partial charge >= 0.3 is 0 Å². The number of nitrogens with zero attached hydrogens (tertiary/aromatic N) is 5. The predicted molar refractivity (Wildman–Crippen MR) is 132 cm³/mol. The molecule has 1 aromatic rings. The molecule has 0 radical (unpaired) electrons. The number of nitrogens with one attached hydrogen (secondary N) is 2. The topological polar surface area (TPSA) is 145 Å². The third-order valence-corrected chi connectivity index (χ3v) is 7.43. The van der Waals surface area contributed by atoms with Crippen molar-refractivity contribution in [1.29, 1.82) is 10.5 Å². The molecule has 188 valence electrons. The summed E-state index contributed by atoms with van der Waals surface area (Å²) in [5, 5.41) is 31.1. The first-order chi connectivity index (χ1) is 17.5. The molecule has 4 rings (SSSR count). The molecule has 0 saturated carbocycles. The molecule has 3 N–H and O–H groups in total. The van der Waals surface area contributed by atoms with Crippen molar-refractivity contribution in [1.82, 2.24) is 20.6 Å². The molecule has 3 aliphatic rings. The van der Waals surface area contributed by atoms with E-state index in [4.69, 9.17) is 5.26 Å². The van der Waals surface area contributed by atoms with Crippen LogP contribution in [0.5, 0.6) is 0 Å². The molecule has 2 saturated heterocycles. The molecule has 10 heteroatoms. The van der Waals surface area contributed by atoms with Gasteiger partial charge in [-0.05, 0) is 61.4 Å². The number of amides is 1. The number of piperidine rings is 1. The summed E-state index contributed by atoms with van der Waals surface area (Å²) < 4.78 is 0. The monoisotopic (exact) mass is 489 g/mol. The Kier molecular flexibility index (Phi) is 7.99. The van der Waals surface area contributed by atoms with Crippen LogP contribution in [0.25, 0.3) is 5.57 Å². The Morgan fingerprint density at radius 1 is 1.17 bits per heavy atom. The Morgan fingerprint density at radius 3 is 2.61 bits per heavy atom. The van der Waals surface area contributed by atoms with Crippen LogP contribution in [0, 0.1) is 41.5 Å². The Balaban J connectivity index is 1.51. The molecule has 36 heavy (non-hydrogen) atoms. The summed E-state index contributed by atoms with van der Waals surface area (Å²) in [7, 11) is 0. The summed E-state index contributed by atoms with van der Waals surface area (Å²) in [5.74, 6) is -1.47. The van der Waals surface area contributed by atoms with Gasteiger partial charge in [0.25, 0.3) is 0 Å². The average Bonchev–Trinajstić information content (AvgIpc) is 3.45. The summed E-state index contributed by atoms with van der Waals surface area (Å²) in [6.07, 6.45) is 6.86. The number of rotatable bonds is 4. The standard InChI is InChI=1S/C26H31N7O3/c1-17-12-18(14-27)4-5-20(17)19-6-8-29-23(13-19)24(34)21-7-11-33(15-22(21)25(35)31-36)26(30-16-28)32-9-2-3-10-32/h4-6,12,21-23,29,36H,2-3,7-11,13,15H2,1H3,(H,31,35)/t21-,22-,23?/m0/s1. The second-order valence-electron chi connectivity index (χ2n) is 9.57. The largest absolute Gasteiger partial charge is 0.342 e. The number of carbonyl (C=O) groups excluding carboxylic acids is 2. The summed E-state index contributed by atoms with van der Waals surface area (Å²) in [4.78, 5) is 34.3. The second kappa shape index (κ2) is 11.3. The molecule has 1 unspecified atom stereocenters. The summed E-state index contributed by atoms with van der Waals surface area (Å²) in [5.41, 5.74) is 5.36. The average molecular weight is 490 g/mol. The van der Waals surface area contributed by atoms with E-state index >= 15 is 0 Å². The maximum Gasteiger partial charge on any atom is 0.248 e. The second-order valence-corrected chi connectivity index (χ2v) is 9.57. The highest BCUT2D eigenvalue weighted by Gasteiger charge is 2.42. The third-order valence-electron chi connectivity index (χ3n) is 7.43. The van der Waals surface area contributed by atoms with E-state index in [9.17, 15) is 20.1 Å². The van der Waals surface area contributed by atoms with Gasteiger partial charge < -0.3 is 15.1 Å². The maximum absolute atomic E-state index is 13.7. The van der Waals surface area contributed by atoms with E-state index in [0.29, 0.717) is 37.5 Å². The van der Waals surface area contributed by atoms with Crippen molar-refractivity contribution in [2.24, 2.45) is 16.8 Å². The molecule has 0 spiro atoms. The lowest BCUT2D eigenvalue weighted by atomic mass is 9.77. The van der Waals surface area contributed by atoms with Crippen molar-refractivity contribution in [3.8, 4) is 12.3 Å². The van der Waals surface area contributed by atoms with Crippen LogP contribution in [-0.2, 0) is 9.59 Å². The number of nitriles is 2. The van der Waals surface area contributed by atoms with Gasteiger partial charge in [-0.15, -0.1) is 4.99 Å². The zero-order valence-corrected chi connectivity index (χ0v) is 20.4. The predicted octanol–water partition coefficient (Wildman–Crippen LogP) is 1.56. The molecule has 10 nitrogen and oxygen atoms in total. The SMILES string of the molecule is Cc1cc(C#N)ccc1C1=CCNC(C(=O)[C@H]2CCN(C(=NC#N)N3CCCC3)C[C@@H]2C(=O)NO)C1. The minimum atomic E-state index is -0.768. The molecular weight excluding hydrogens is 458 g/mol. The fourth-order valence-electron chi connectivity index (χ4n) is 5.60. The van der Waals surface area contributed by atoms with Crippen LogP contribution >= 0.6 is 0 Å². The first kappa shape index (κ1) is 25.4. The number of hydrogen-bond donors (Lipinski definition) is 3. The van der Waals surface area contributed by atoms with Gasteiger partial charge in [0.1, 0.15) is 0 Å². The Bertz CT molecular complexity index is 1160. The molecular formula is C26H31N7O3. The fourth-order valence-corrected chi connectivity index (χ4v) is 5.60. The molecule has 0 bridgehead atoms. The lowest BCUT2D eigenvalue weighted by molar-refractivity contribution is -0.142. The van der Waals surface area contributed by atoms with Gasteiger partial charge in [0.05, 0.1) is 23.6 Å². The first-order valence-corrected chi connectivity index (χ1v) is 12.3. The molecule has 0 aromatic heterocycles. The van der Waals surface area contributed by atoms with Crippen molar-refractivity contribution in [3.63, 3.8) is 0 Å². The van der Waals surface area contributed by atoms with Crippen LogP contribution in [0.4, 0.5) is 0 Å². The van der Waals surface area contributed by atoms with Crippen LogP contribution in [0.2, 0.25) is 0 Å². The van der Waals surface area contributed by atoms with Crippen LogP contribution in [0.15, 0.2) is 29.3 Å². The van der Waals surface area contributed by atoms with E-state index in [1.165, 1.54) is 0 Å². The highest BCUT2D eigenvalue weighted by atomic mass is 16.5. The number of hydrogen-bond acceptors (Lipinski definition) is 7. The van der Waals surface area contributed by atoms with E-state index in [-0.39, 0.29) is 12.3 Å². The van der Waals surface area contributed by atoms with Crippen LogP contribution in [0.3, 0.4) is 0 Å². The van der Waals surface area contributed by atoms with Gasteiger partial charge in [0, 0.05) is 38.6 Å². The van der Waals surface area contributed by atoms with Gasteiger partial charge in [0.15, 0.2) is 5.78 Å². The zero-order chi connectivity index (χ0) is 25.7. The van der Waals surface area contributed by atoms with Gasteiger partial charge in [-0.2, -0.15) is 10.5 Å². The highest BCUT2D eigenvalue weighted by Crippen LogP contribution is 2.32. The van der Waals surface area contributed by atoms with E-state index in [2.05, 4.69) is 22.5 Å². The maximum atomic E-state index is 13.7. The van der Waals surface area contributed by atoms with Crippen LogP contribution in [-0.4, -0.2) is 71.4 Å². The molecule has 0 aliphatic carbocycles. The lowest BCUT2D eigenvalue weighted by Gasteiger charge is -2.41. The number of benzene rings is 1. The van der Waals surface area contributed by atoms with Crippen LogP contribution < -0.4 is 10.8 Å². The zero-order valence-electron chi connectivity index (χ0n) is 20.4. The summed E-state index contributed by atoms with van der Waals surface area (Å²) in [6, 6.07) is 7.22. The molecule has 3 atom stereocenters. The highest BCUT2D eigenvalue weighted by molar-refractivity contribution is 5.94.